The third-order valence-electron chi connectivity index (χ3n) is 7.27. The number of hydrogen-bond acceptors (Lipinski definition) is 11. The molecular weight excluding hydrogens is 502 g/mol. The Kier molecular flexibility index (Phi) is 13.0. The molecule has 0 bridgehead atoms. The Morgan fingerprint density at radius 3 is 1.63 bits per heavy atom. The maximum atomic E-state index is 14.5. The van der Waals surface area contributed by atoms with Gasteiger partial charge in [0.2, 0.25) is 5.60 Å². The van der Waals surface area contributed by atoms with Crippen molar-refractivity contribution in [1.29, 1.82) is 0 Å². The van der Waals surface area contributed by atoms with E-state index in [0.29, 0.717) is 4.90 Å². The fraction of sp³-hybridized carbons (Fsp3) is 0.760. The molecular formula is C25H43N3O10. The minimum atomic E-state index is -3.72. The molecule has 1 unspecified atom stereocenters. The van der Waals surface area contributed by atoms with Gasteiger partial charge in [-0.1, -0.05) is 27.2 Å². The van der Waals surface area contributed by atoms with Crippen molar-refractivity contribution in [2.75, 3.05) is 21.1 Å². The first-order chi connectivity index (χ1) is 17.4. The average molecular weight is 546 g/mol. The van der Waals surface area contributed by atoms with Crippen molar-refractivity contribution < 1.29 is 49.2 Å². The first kappa shape index (κ1) is 35.4. The molecule has 0 aliphatic heterocycles. The monoisotopic (exact) mass is 545 g/mol. The highest BCUT2D eigenvalue weighted by molar-refractivity contribution is 6.27. The quantitative estimate of drug-likeness (QED) is 0.113. The van der Waals surface area contributed by atoms with Crippen molar-refractivity contribution in [3.63, 3.8) is 0 Å². The molecule has 0 rings (SSSR count). The van der Waals surface area contributed by atoms with E-state index in [1.807, 2.05) is 0 Å². The van der Waals surface area contributed by atoms with Crippen LogP contribution in [0.15, 0.2) is 0 Å². The Bertz CT molecular complexity index is 917. The molecule has 0 aromatic rings. The standard InChI is InChI=1S/C25H43N3O10/c1-10-12(3)24(19(32)13(4)26-7,28(9)22(35)15(6)30)21(34)17(18(31)14(5)29)25(38,23(36)37)20(33)16(11-2)27-8/h12-17,26-27,29-30,38H,10-11H2,1-9H3,(H,36,37)/t12-,13-,14+,15+,16-,17?,24+,25-/m0/s1. The third kappa shape index (κ3) is 6.18. The number of amides is 1. The summed E-state index contributed by atoms with van der Waals surface area (Å²) in [5, 5.41) is 46.9. The molecule has 0 spiro atoms. The number of nitrogens with one attached hydrogen (secondary N) is 2. The van der Waals surface area contributed by atoms with Gasteiger partial charge in [-0.3, -0.25) is 24.0 Å². The van der Waals surface area contributed by atoms with Crippen LogP contribution in [-0.4, -0.2) is 117 Å². The number of aliphatic carboxylic acids is 1. The molecule has 0 radical (unpaired) electrons. The van der Waals surface area contributed by atoms with Crippen LogP contribution < -0.4 is 10.6 Å². The maximum absolute atomic E-state index is 14.5. The lowest BCUT2D eigenvalue weighted by molar-refractivity contribution is -0.183. The summed E-state index contributed by atoms with van der Waals surface area (Å²) in [7, 11) is 3.73. The van der Waals surface area contributed by atoms with Gasteiger partial charge in [0.15, 0.2) is 28.7 Å². The second-order valence-electron chi connectivity index (χ2n) is 9.58. The Morgan fingerprint density at radius 1 is 0.816 bits per heavy atom. The summed E-state index contributed by atoms with van der Waals surface area (Å²) in [6.07, 6.45) is -3.76. The van der Waals surface area contributed by atoms with Crippen LogP contribution in [0.1, 0.15) is 54.4 Å². The van der Waals surface area contributed by atoms with Crippen LogP contribution in [0.2, 0.25) is 0 Å². The van der Waals surface area contributed by atoms with Gasteiger partial charge in [-0.25, -0.2) is 4.79 Å². The second kappa shape index (κ2) is 14.0. The van der Waals surface area contributed by atoms with Gasteiger partial charge >= 0.3 is 5.97 Å². The fourth-order valence-electron chi connectivity index (χ4n) is 4.62. The molecule has 0 heterocycles. The van der Waals surface area contributed by atoms with Crippen LogP contribution in [-0.2, 0) is 28.8 Å². The van der Waals surface area contributed by atoms with Crippen LogP contribution in [0.25, 0.3) is 0 Å². The van der Waals surface area contributed by atoms with E-state index in [1.165, 1.54) is 34.9 Å². The molecule has 1 amide bonds. The molecule has 0 aromatic carbocycles. The number of Topliss-reactive ketones (excluding diaryl/α,β-unsaturated/α-hetero) is 4. The van der Waals surface area contributed by atoms with E-state index in [9.17, 15) is 49.2 Å². The van der Waals surface area contributed by atoms with E-state index in [4.69, 9.17) is 0 Å². The van der Waals surface area contributed by atoms with Crippen LogP contribution in [0.5, 0.6) is 0 Å². The second-order valence-corrected chi connectivity index (χ2v) is 9.58. The molecule has 8 atom stereocenters. The molecule has 0 aliphatic carbocycles. The van der Waals surface area contributed by atoms with Crippen molar-refractivity contribution in [3.8, 4) is 0 Å². The number of likely N-dealkylation sites (N-methyl/N-ethyl adjacent to an activating group) is 3. The number of carboxylic acids is 1. The average Bonchev–Trinajstić information content (AvgIpc) is 2.87. The van der Waals surface area contributed by atoms with Gasteiger partial charge in [0.1, 0.15) is 18.1 Å². The third-order valence-corrected chi connectivity index (χ3v) is 7.27. The zero-order valence-corrected chi connectivity index (χ0v) is 23.6. The van der Waals surface area contributed by atoms with Gasteiger partial charge in [0, 0.05) is 7.05 Å². The molecule has 0 fully saturated rings. The van der Waals surface area contributed by atoms with E-state index in [2.05, 4.69) is 10.6 Å². The number of ketones is 4. The number of carbonyl (C=O) groups is 6. The summed E-state index contributed by atoms with van der Waals surface area (Å²) < 4.78 is 0. The number of hydrogen-bond donors (Lipinski definition) is 6. The minimum Gasteiger partial charge on any atom is -0.479 e. The van der Waals surface area contributed by atoms with Gasteiger partial charge in [-0.05, 0) is 47.2 Å². The summed E-state index contributed by atoms with van der Waals surface area (Å²) >= 11 is 0. The van der Waals surface area contributed by atoms with Crippen LogP contribution in [0.4, 0.5) is 0 Å². The number of nitrogens with zero attached hydrogens (tertiary/aromatic N) is 1. The highest BCUT2D eigenvalue weighted by Crippen LogP contribution is 2.38. The highest BCUT2D eigenvalue weighted by Gasteiger charge is 2.66. The molecule has 0 aromatic heterocycles. The van der Waals surface area contributed by atoms with E-state index in [0.717, 1.165) is 20.9 Å². The molecule has 38 heavy (non-hydrogen) atoms. The summed E-state index contributed by atoms with van der Waals surface area (Å²) in [4.78, 5) is 81.4. The van der Waals surface area contributed by atoms with Gasteiger partial charge in [-0.2, -0.15) is 0 Å². The van der Waals surface area contributed by atoms with Gasteiger partial charge in [-0.15, -0.1) is 0 Å². The first-order valence-electron chi connectivity index (χ1n) is 12.5. The zero-order valence-electron chi connectivity index (χ0n) is 23.6. The van der Waals surface area contributed by atoms with Crippen molar-refractivity contribution in [2.24, 2.45) is 11.8 Å². The number of rotatable bonds is 17. The SMILES string of the molecule is CC[C@H](NC)C(=O)[C@](O)(C(=O)O)C(C(=O)[C@@H](C)O)C(=O)[C@](C(=O)[C@H](C)NC)([C@@H](C)CC)N(C)C(=O)[C@@H](C)O. The van der Waals surface area contributed by atoms with E-state index < -0.39 is 82.3 Å². The molecule has 218 valence electrons. The van der Waals surface area contributed by atoms with Crippen molar-refractivity contribution in [1.82, 2.24) is 15.5 Å². The molecule has 6 N–H and O–H groups in total. The van der Waals surface area contributed by atoms with Crippen molar-refractivity contribution in [2.45, 2.75) is 89.8 Å². The van der Waals surface area contributed by atoms with Gasteiger partial charge in [0.05, 0.1) is 12.1 Å². The van der Waals surface area contributed by atoms with Gasteiger partial charge < -0.3 is 36.0 Å². The Balaban J connectivity index is 7.98. The lowest BCUT2D eigenvalue weighted by Crippen LogP contribution is -2.74. The smallest absolute Gasteiger partial charge is 0.344 e. The molecule has 13 heteroatoms. The lowest BCUT2D eigenvalue weighted by atomic mass is 9.63. The largest absolute Gasteiger partial charge is 0.479 e. The number of carbonyl (C=O) groups excluding carboxylic acids is 5. The summed E-state index contributed by atoms with van der Waals surface area (Å²) in [5.74, 6) is -12.8. The molecule has 0 aliphatic rings. The summed E-state index contributed by atoms with van der Waals surface area (Å²) in [6, 6.07) is -2.47. The molecule has 0 saturated heterocycles. The Labute approximate surface area is 223 Å². The number of aliphatic hydroxyl groups is 3. The van der Waals surface area contributed by atoms with Crippen LogP contribution in [0.3, 0.4) is 0 Å². The number of carboxylic acid groups (broad SMARTS) is 1. The highest BCUT2D eigenvalue weighted by atomic mass is 16.4. The van der Waals surface area contributed by atoms with Crippen LogP contribution in [0, 0.1) is 11.8 Å². The normalized spacial score (nSPS) is 19.5. The maximum Gasteiger partial charge on any atom is 0.344 e. The lowest BCUT2D eigenvalue weighted by Gasteiger charge is -2.47. The number of aliphatic hydroxyl groups excluding tert-OH is 2. The van der Waals surface area contributed by atoms with E-state index >= 15 is 0 Å². The first-order valence-corrected chi connectivity index (χ1v) is 12.5. The van der Waals surface area contributed by atoms with Gasteiger partial charge in [0.25, 0.3) is 5.91 Å². The molecule has 13 nitrogen and oxygen atoms in total. The summed E-state index contributed by atoms with van der Waals surface area (Å²) in [6.45, 7) is 7.83. The van der Waals surface area contributed by atoms with Crippen LogP contribution >= 0.6 is 0 Å². The van der Waals surface area contributed by atoms with E-state index in [-0.39, 0.29) is 12.8 Å². The Morgan fingerprint density at radius 2 is 1.32 bits per heavy atom. The van der Waals surface area contributed by atoms with E-state index in [1.54, 1.807) is 6.92 Å². The van der Waals surface area contributed by atoms with Crippen molar-refractivity contribution in [3.05, 3.63) is 0 Å². The van der Waals surface area contributed by atoms with Crippen molar-refractivity contribution >= 4 is 35.0 Å². The Hall–Kier alpha value is -2.58. The fourth-order valence-corrected chi connectivity index (χ4v) is 4.62. The predicted molar refractivity (Wildman–Crippen MR) is 136 cm³/mol. The molecule has 0 saturated carbocycles. The summed E-state index contributed by atoms with van der Waals surface area (Å²) in [5.41, 5.74) is -6.35. The zero-order chi connectivity index (χ0) is 30.3. The minimum absolute atomic E-state index is 0.0362. The predicted octanol–water partition coefficient (Wildman–Crippen LogP) is -1.69. The topological polar surface area (TPSA) is 211 Å².